The molecule has 0 aliphatic rings. The molecule has 0 aromatic heterocycles. The maximum atomic E-state index is 12.2. The highest BCUT2D eigenvalue weighted by Gasteiger charge is 2.16. The van der Waals surface area contributed by atoms with E-state index in [2.05, 4.69) is 4.72 Å². The van der Waals surface area contributed by atoms with Gasteiger partial charge in [-0.05, 0) is 49.6 Å². The molecule has 0 spiro atoms. The van der Waals surface area contributed by atoms with Crippen LogP contribution in [0.25, 0.3) is 0 Å². The van der Waals surface area contributed by atoms with Gasteiger partial charge in [-0.2, -0.15) is 4.72 Å². The third-order valence-corrected chi connectivity index (χ3v) is 5.08. The topological polar surface area (TPSA) is 72.5 Å². The fourth-order valence-electron chi connectivity index (χ4n) is 2.14. The van der Waals surface area contributed by atoms with Crippen molar-refractivity contribution in [3.05, 3.63) is 64.7 Å². The summed E-state index contributed by atoms with van der Waals surface area (Å²) >= 11 is 0. The van der Waals surface area contributed by atoms with Crippen molar-refractivity contribution in [2.24, 2.45) is 0 Å². The number of nitrogens with one attached hydrogen (secondary N) is 1. The molecule has 1 N–H and O–H groups in total. The molecule has 2 aromatic rings. The van der Waals surface area contributed by atoms with Crippen LogP contribution in [-0.2, 0) is 26.2 Å². The number of hydrogen-bond donors (Lipinski definition) is 1. The van der Waals surface area contributed by atoms with Gasteiger partial charge in [-0.15, -0.1) is 0 Å². The van der Waals surface area contributed by atoms with E-state index in [0.717, 1.165) is 22.3 Å². The van der Waals surface area contributed by atoms with E-state index in [0.29, 0.717) is 0 Å². The zero-order chi connectivity index (χ0) is 17.7. The minimum absolute atomic E-state index is 0.117. The Balaban J connectivity index is 1.91. The van der Waals surface area contributed by atoms with Crippen LogP contribution in [0.15, 0.2) is 47.4 Å². The first kappa shape index (κ1) is 18.2. The Labute approximate surface area is 142 Å². The fraction of sp³-hybridized carbons (Fsp3) is 0.278. The van der Waals surface area contributed by atoms with Gasteiger partial charge in [-0.1, -0.05) is 35.9 Å². The van der Waals surface area contributed by atoms with Crippen molar-refractivity contribution in [1.29, 1.82) is 0 Å². The average molecular weight is 347 g/mol. The van der Waals surface area contributed by atoms with Gasteiger partial charge in [0.25, 0.3) is 0 Å². The minimum Gasteiger partial charge on any atom is -0.460 e. The van der Waals surface area contributed by atoms with Gasteiger partial charge in [-0.3, -0.25) is 4.79 Å². The predicted molar refractivity (Wildman–Crippen MR) is 92.1 cm³/mol. The van der Waals surface area contributed by atoms with Crippen LogP contribution < -0.4 is 4.72 Å². The van der Waals surface area contributed by atoms with Crippen LogP contribution >= 0.6 is 0 Å². The molecular weight excluding hydrogens is 326 g/mol. The minimum atomic E-state index is -3.74. The summed E-state index contributed by atoms with van der Waals surface area (Å²) < 4.78 is 31.8. The molecule has 6 heteroatoms. The van der Waals surface area contributed by atoms with Crippen molar-refractivity contribution in [3.63, 3.8) is 0 Å². The summed E-state index contributed by atoms with van der Waals surface area (Å²) in [5.41, 5.74) is 3.81. The molecule has 5 nitrogen and oxygen atoms in total. The summed E-state index contributed by atoms with van der Waals surface area (Å²) in [6.07, 6.45) is 0. The summed E-state index contributed by atoms with van der Waals surface area (Å²) in [6, 6.07) is 12.4. The van der Waals surface area contributed by atoms with Gasteiger partial charge in [0, 0.05) is 0 Å². The van der Waals surface area contributed by atoms with Crippen molar-refractivity contribution >= 4 is 16.0 Å². The molecule has 0 heterocycles. The fourth-order valence-corrected chi connectivity index (χ4v) is 3.19. The van der Waals surface area contributed by atoms with Crippen LogP contribution in [0.4, 0.5) is 0 Å². The second kappa shape index (κ2) is 7.59. The van der Waals surface area contributed by atoms with Crippen molar-refractivity contribution < 1.29 is 17.9 Å². The Hall–Kier alpha value is -2.18. The van der Waals surface area contributed by atoms with Crippen molar-refractivity contribution in [1.82, 2.24) is 4.72 Å². The van der Waals surface area contributed by atoms with Crippen LogP contribution in [0.2, 0.25) is 0 Å². The second-order valence-electron chi connectivity index (χ2n) is 5.72. The van der Waals surface area contributed by atoms with Crippen LogP contribution in [-0.4, -0.2) is 20.9 Å². The highest BCUT2D eigenvalue weighted by molar-refractivity contribution is 7.89. The number of carbonyl (C=O) groups excluding carboxylic acids is 1. The molecule has 2 rings (SSSR count). The standard InChI is InChI=1S/C18H21NO4S/c1-13-5-4-6-16(9-13)12-23-18(20)11-19-24(21,22)17-8-7-14(2)15(3)10-17/h4-10,19H,11-12H2,1-3H3. The smallest absolute Gasteiger partial charge is 0.321 e. The number of ether oxygens (including phenoxy) is 1. The lowest BCUT2D eigenvalue weighted by Crippen LogP contribution is -2.30. The van der Waals surface area contributed by atoms with Crippen molar-refractivity contribution in [2.45, 2.75) is 32.3 Å². The first-order valence-corrected chi connectivity index (χ1v) is 9.04. The number of aryl methyl sites for hydroxylation is 3. The third kappa shape index (κ3) is 4.91. The largest absolute Gasteiger partial charge is 0.460 e. The number of hydrogen-bond acceptors (Lipinski definition) is 4. The van der Waals surface area contributed by atoms with Gasteiger partial charge >= 0.3 is 5.97 Å². The lowest BCUT2D eigenvalue weighted by Gasteiger charge is -2.09. The summed E-state index contributed by atoms with van der Waals surface area (Å²) in [7, 11) is -3.74. The van der Waals surface area contributed by atoms with E-state index in [4.69, 9.17) is 4.74 Å². The summed E-state index contributed by atoms with van der Waals surface area (Å²) in [5, 5.41) is 0. The molecule has 0 atom stereocenters. The molecule has 0 saturated carbocycles. The molecule has 0 radical (unpaired) electrons. The maximum Gasteiger partial charge on any atom is 0.321 e. The lowest BCUT2D eigenvalue weighted by atomic mass is 10.1. The molecule has 0 amide bonds. The molecule has 0 aliphatic carbocycles. The Morgan fingerprint density at radius 2 is 1.79 bits per heavy atom. The molecule has 2 aromatic carbocycles. The first-order valence-electron chi connectivity index (χ1n) is 7.56. The SMILES string of the molecule is Cc1cccc(COC(=O)CNS(=O)(=O)c2ccc(C)c(C)c2)c1. The van der Waals surface area contributed by atoms with E-state index in [9.17, 15) is 13.2 Å². The molecule has 0 bridgehead atoms. The van der Waals surface area contributed by atoms with Gasteiger partial charge in [0.2, 0.25) is 10.0 Å². The number of rotatable bonds is 6. The van der Waals surface area contributed by atoms with E-state index < -0.39 is 22.5 Å². The highest BCUT2D eigenvalue weighted by atomic mass is 32.2. The van der Waals surface area contributed by atoms with Gasteiger partial charge in [0.05, 0.1) is 4.90 Å². The zero-order valence-electron chi connectivity index (χ0n) is 14.0. The maximum absolute atomic E-state index is 12.2. The quantitative estimate of drug-likeness (QED) is 0.816. The number of sulfonamides is 1. The van der Waals surface area contributed by atoms with Gasteiger partial charge in [0.1, 0.15) is 13.2 Å². The first-order chi connectivity index (χ1) is 11.3. The number of carbonyl (C=O) groups is 1. The van der Waals surface area contributed by atoms with Crippen LogP contribution in [0.1, 0.15) is 22.3 Å². The molecule has 0 fully saturated rings. The Bertz CT molecular complexity index is 844. The number of esters is 1. The molecular formula is C18H21NO4S. The third-order valence-electron chi connectivity index (χ3n) is 3.68. The van der Waals surface area contributed by atoms with E-state index in [-0.39, 0.29) is 11.5 Å². The molecule has 0 aliphatic heterocycles. The summed E-state index contributed by atoms with van der Waals surface area (Å²) in [6.45, 7) is 5.41. The van der Waals surface area contributed by atoms with E-state index >= 15 is 0 Å². The van der Waals surface area contributed by atoms with Crippen LogP contribution in [0.5, 0.6) is 0 Å². The van der Waals surface area contributed by atoms with Crippen molar-refractivity contribution in [2.75, 3.05) is 6.54 Å². The summed E-state index contributed by atoms with van der Waals surface area (Å²) in [5.74, 6) is -0.621. The zero-order valence-corrected chi connectivity index (χ0v) is 14.8. The second-order valence-corrected chi connectivity index (χ2v) is 7.49. The Morgan fingerprint density at radius 3 is 2.46 bits per heavy atom. The Kier molecular flexibility index (Phi) is 5.75. The van der Waals surface area contributed by atoms with E-state index in [1.165, 1.54) is 6.07 Å². The average Bonchev–Trinajstić information content (AvgIpc) is 2.53. The van der Waals surface area contributed by atoms with Gasteiger partial charge in [-0.25, -0.2) is 8.42 Å². The number of benzene rings is 2. The lowest BCUT2D eigenvalue weighted by molar-refractivity contribution is -0.143. The van der Waals surface area contributed by atoms with Crippen molar-refractivity contribution in [3.8, 4) is 0 Å². The van der Waals surface area contributed by atoms with Crippen LogP contribution in [0.3, 0.4) is 0 Å². The molecule has 128 valence electrons. The van der Waals surface area contributed by atoms with Gasteiger partial charge < -0.3 is 4.74 Å². The normalized spacial score (nSPS) is 11.3. The predicted octanol–water partition coefficient (Wildman–Crippen LogP) is 2.63. The Morgan fingerprint density at radius 1 is 1.04 bits per heavy atom. The van der Waals surface area contributed by atoms with E-state index in [1.807, 2.05) is 45.0 Å². The molecule has 0 saturated heterocycles. The highest BCUT2D eigenvalue weighted by Crippen LogP contribution is 2.14. The monoisotopic (exact) mass is 347 g/mol. The van der Waals surface area contributed by atoms with Gasteiger partial charge in [0.15, 0.2) is 0 Å². The summed E-state index contributed by atoms with van der Waals surface area (Å²) in [4.78, 5) is 11.9. The molecule has 0 unspecified atom stereocenters. The van der Waals surface area contributed by atoms with E-state index in [1.54, 1.807) is 12.1 Å². The van der Waals surface area contributed by atoms with Crippen LogP contribution in [0, 0.1) is 20.8 Å². The molecule has 24 heavy (non-hydrogen) atoms.